The average molecular weight is 989 g/mol. The highest BCUT2D eigenvalue weighted by atomic mass is 35.5. The van der Waals surface area contributed by atoms with Crippen molar-refractivity contribution in [2.24, 2.45) is 9.98 Å². The Hall–Kier alpha value is -6.93. The summed E-state index contributed by atoms with van der Waals surface area (Å²) in [4.78, 5) is 50.0. The van der Waals surface area contributed by atoms with Crippen molar-refractivity contribution in [3.63, 3.8) is 0 Å². The number of carbonyl (C=O) groups is 3. The number of hydrogen-bond donors (Lipinski definition) is 3. The Morgan fingerprint density at radius 3 is 1.57 bits per heavy atom. The molecule has 2 aliphatic rings. The van der Waals surface area contributed by atoms with Crippen LogP contribution in [0.2, 0.25) is 5.02 Å². The fourth-order valence-electron chi connectivity index (χ4n) is 8.19. The smallest absolute Gasteiger partial charge is 0.230 e. The van der Waals surface area contributed by atoms with E-state index in [0.717, 1.165) is 38.5 Å². The van der Waals surface area contributed by atoms with E-state index in [0.29, 0.717) is 90.7 Å². The number of aromatic nitrogens is 6. The van der Waals surface area contributed by atoms with Gasteiger partial charge in [-0.05, 0) is 81.4 Å². The molecule has 4 heterocycles. The summed E-state index contributed by atoms with van der Waals surface area (Å²) in [6, 6.07) is 25.6. The van der Waals surface area contributed by atoms with Crippen LogP contribution in [-0.2, 0) is 23.9 Å². The van der Waals surface area contributed by atoms with Crippen LogP contribution in [0.3, 0.4) is 0 Å². The Labute approximate surface area is 414 Å². The number of aryl methyl sites for hydroxylation is 2. The lowest BCUT2D eigenvalue weighted by Crippen LogP contribution is -2.30. The Morgan fingerprint density at radius 2 is 1.09 bits per heavy atom. The van der Waals surface area contributed by atoms with Gasteiger partial charge in [0, 0.05) is 51.8 Å². The Morgan fingerprint density at radius 1 is 0.614 bits per heavy atom. The van der Waals surface area contributed by atoms with E-state index < -0.39 is 12.1 Å². The first-order valence-corrected chi connectivity index (χ1v) is 24.2. The first kappa shape index (κ1) is 49.5. The van der Waals surface area contributed by atoms with Crippen LogP contribution in [0.1, 0.15) is 77.4 Å². The van der Waals surface area contributed by atoms with Crippen LogP contribution >= 0.6 is 23.4 Å². The number of hydrogen-bond acceptors (Lipinski definition) is 14. The van der Waals surface area contributed by atoms with Crippen molar-refractivity contribution in [1.82, 2.24) is 45.5 Å². The minimum absolute atomic E-state index is 0.0391. The second kappa shape index (κ2) is 23.1. The van der Waals surface area contributed by atoms with Crippen LogP contribution < -0.4 is 25.4 Å². The normalized spacial score (nSPS) is 14.7. The van der Waals surface area contributed by atoms with Gasteiger partial charge in [0.25, 0.3) is 0 Å². The van der Waals surface area contributed by atoms with Gasteiger partial charge in [0.2, 0.25) is 17.7 Å². The molecule has 4 aromatic carbocycles. The zero-order chi connectivity index (χ0) is 49.1. The number of amides is 3. The molecule has 0 aliphatic carbocycles. The van der Waals surface area contributed by atoms with Crippen molar-refractivity contribution in [2.75, 3.05) is 66.0 Å². The number of aliphatic imine (C=N–C) groups is 2. The van der Waals surface area contributed by atoms with Crippen LogP contribution in [0.4, 0.5) is 0 Å². The van der Waals surface area contributed by atoms with Gasteiger partial charge in [0.15, 0.2) is 11.6 Å². The number of halogens is 1. The van der Waals surface area contributed by atoms with Gasteiger partial charge in [-0.15, -0.1) is 32.2 Å². The molecule has 20 heteroatoms. The van der Waals surface area contributed by atoms with Crippen molar-refractivity contribution in [3.8, 4) is 22.9 Å². The Bertz CT molecular complexity index is 2900. The highest BCUT2D eigenvalue weighted by Crippen LogP contribution is 2.36. The molecule has 0 radical (unpaired) electrons. The van der Waals surface area contributed by atoms with E-state index in [1.807, 2.05) is 115 Å². The maximum absolute atomic E-state index is 13.3. The van der Waals surface area contributed by atoms with Gasteiger partial charge < -0.3 is 34.9 Å². The van der Waals surface area contributed by atoms with Crippen LogP contribution in [0.25, 0.3) is 11.4 Å². The minimum Gasteiger partial charge on any atom is -0.497 e. The molecule has 3 N–H and O–H groups in total. The number of carbonyl (C=O) groups excluding carboxylic acids is 3. The van der Waals surface area contributed by atoms with Gasteiger partial charge in [-0.25, -0.2) is 0 Å². The summed E-state index contributed by atoms with van der Waals surface area (Å²) in [6.45, 7) is 8.01. The molecule has 0 saturated carbocycles. The number of fused-ring (bicyclic) bond motifs is 6. The highest BCUT2D eigenvalue weighted by molar-refractivity contribution is 8.00. The predicted molar refractivity (Wildman–Crippen MR) is 266 cm³/mol. The van der Waals surface area contributed by atoms with E-state index in [1.54, 1.807) is 14.2 Å². The summed E-state index contributed by atoms with van der Waals surface area (Å²) in [5, 5.41) is 26.9. The Kier molecular flexibility index (Phi) is 16.3. The standard InChI is InChI=1S/C50H54ClN11O7S/c1-6-52-44(63)27-40-49-59-57-30(2)61(49)43-18-14-36(67-5)26-39(43)48(55-40)33-9-15-37(16-10-33)70-29-46(65)54-20-22-69-24-23-68-21-19-53-45(64)28-41-50-60-58-31(3)62(50)42-17-13-35(66-4)25-38(42)47(56-41)32-7-11-34(51)12-8-32/h7-18,25-26,40-41H,6,19-24,27-29H2,1-5H3,(H,52,63)(H,53,64)(H,54,65)/t40-,41-/m0/s1. The first-order valence-electron chi connectivity index (χ1n) is 22.9. The third kappa shape index (κ3) is 11.6. The zero-order valence-corrected chi connectivity index (χ0v) is 41.1. The molecule has 2 atom stereocenters. The number of nitrogens with one attached hydrogen (secondary N) is 3. The van der Waals surface area contributed by atoms with E-state index in [4.69, 9.17) is 40.5 Å². The first-order chi connectivity index (χ1) is 34.0. The topological polar surface area (TPSA) is 210 Å². The van der Waals surface area contributed by atoms with Crippen molar-refractivity contribution in [2.45, 2.75) is 50.6 Å². The number of rotatable bonds is 21. The maximum Gasteiger partial charge on any atom is 0.230 e. The highest BCUT2D eigenvalue weighted by Gasteiger charge is 2.32. The van der Waals surface area contributed by atoms with Crippen LogP contribution in [0, 0.1) is 13.8 Å². The molecule has 6 aromatic rings. The average Bonchev–Trinajstić information content (AvgIpc) is 3.87. The molecular weight excluding hydrogens is 934 g/mol. The van der Waals surface area contributed by atoms with E-state index in [9.17, 15) is 14.4 Å². The molecule has 0 unspecified atom stereocenters. The lowest BCUT2D eigenvalue weighted by Gasteiger charge is -2.14. The molecule has 364 valence electrons. The van der Waals surface area contributed by atoms with E-state index in [2.05, 4.69) is 36.3 Å². The summed E-state index contributed by atoms with van der Waals surface area (Å²) >= 11 is 7.64. The quantitative estimate of drug-likeness (QED) is 0.0570. The third-order valence-corrected chi connectivity index (χ3v) is 12.8. The van der Waals surface area contributed by atoms with Crippen LogP contribution in [0.15, 0.2) is 99.8 Å². The van der Waals surface area contributed by atoms with Crippen molar-refractivity contribution in [3.05, 3.63) is 136 Å². The van der Waals surface area contributed by atoms with Crippen molar-refractivity contribution >= 4 is 52.5 Å². The summed E-state index contributed by atoms with van der Waals surface area (Å²) in [5.74, 6) is 3.57. The molecule has 70 heavy (non-hydrogen) atoms. The Balaban J connectivity index is 0.765. The van der Waals surface area contributed by atoms with Gasteiger partial charge in [-0.2, -0.15) is 0 Å². The number of nitrogens with zero attached hydrogens (tertiary/aromatic N) is 8. The van der Waals surface area contributed by atoms with E-state index in [1.165, 1.54) is 11.8 Å². The number of ether oxygens (including phenoxy) is 4. The number of thioether (sulfide) groups is 1. The van der Waals surface area contributed by atoms with Crippen molar-refractivity contribution in [1.29, 1.82) is 0 Å². The lowest BCUT2D eigenvalue weighted by molar-refractivity contribution is -0.122. The summed E-state index contributed by atoms with van der Waals surface area (Å²) in [7, 11) is 3.23. The van der Waals surface area contributed by atoms with Gasteiger partial charge in [0.1, 0.15) is 35.2 Å². The second-order valence-corrected chi connectivity index (χ2v) is 17.7. The molecule has 2 aliphatic heterocycles. The van der Waals surface area contributed by atoms with E-state index >= 15 is 0 Å². The largest absolute Gasteiger partial charge is 0.497 e. The molecular formula is C50H54ClN11O7S. The van der Waals surface area contributed by atoms with Crippen LogP contribution in [0.5, 0.6) is 11.5 Å². The molecule has 2 aromatic heterocycles. The molecule has 0 bridgehead atoms. The fraction of sp³-hybridized carbons (Fsp3) is 0.340. The van der Waals surface area contributed by atoms with Gasteiger partial charge in [0.05, 0.1) is 82.0 Å². The van der Waals surface area contributed by atoms with Crippen LogP contribution in [-0.4, -0.2) is 125 Å². The predicted octanol–water partition coefficient (Wildman–Crippen LogP) is 5.89. The SMILES string of the molecule is CCNC(=O)C[C@@H]1N=C(c2ccc(SCC(=O)NCCOCCOCCNC(=O)C[C@@H]3N=C(c4ccc(Cl)cc4)c4cc(OC)ccc4-n4c(C)nnc43)cc2)c2cc(OC)ccc2-n2c(C)nnc21. The van der Waals surface area contributed by atoms with Gasteiger partial charge in [-0.3, -0.25) is 33.5 Å². The zero-order valence-electron chi connectivity index (χ0n) is 39.5. The summed E-state index contributed by atoms with van der Waals surface area (Å²) < 4.78 is 26.4. The van der Waals surface area contributed by atoms with Crippen molar-refractivity contribution < 1.29 is 33.3 Å². The molecule has 3 amide bonds. The molecule has 8 rings (SSSR count). The molecule has 18 nitrogen and oxygen atoms in total. The van der Waals surface area contributed by atoms with Gasteiger partial charge in [-0.1, -0.05) is 35.9 Å². The lowest BCUT2D eigenvalue weighted by atomic mass is 10.00. The monoisotopic (exact) mass is 987 g/mol. The van der Waals surface area contributed by atoms with Gasteiger partial charge >= 0.3 is 0 Å². The second-order valence-electron chi connectivity index (χ2n) is 16.2. The number of methoxy groups -OCH3 is 2. The third-order valence-electron chi connectivity index (χ3n) is 11.5. The summed E-state index contributed by atoms with van der Waals surface area (Å²) in [5.41, 5.74) is 6.35. The van der Waals surface area contributed by atoms with E-state index in [-0.39, 0.29) is 42.9 Å². The minimum atomic E-state index is -0.624. The molecule has 0 fully saturated rings. The summed E-state index contributed by atoms with van der Waals surface area (Å²) in [6.07, 6.45) is 0.148. The number of benzene rings is 4. The fourth-order valence-corrected chi connectivity index (χ4v) is 9.05. The maximum atomic E-state index is 13.3. The molecule has 0 spiro atoms. The molecule has 0 saturated heterocycles.